The third-order valence-electron chi connectivity index (χ3n) is 6.54. The highest BCUT2D eigenvalue weighted by Gasteiger charge is 2.46. The number of carbonyl (C=O) groups excluding carboxylic acids is 2. The molecule has 2 aromatic rings. The zero-order valence-electron chi connectivity index (χ0n) is 18.4. The molecule has 2 aliphatic heterocycles. The number of nitrogens with zero attached hydrogens (tertiary/aromatic N) is 2. The van der Waals surface area contributed by atoms with Crippen molar-refractivity contribution in [3.8, 4) is 0 Å². The zero-order chi connectivity index (χ0) is 21.8. The third kappa shape index (κ3) is 4.73. The van der Waals surface area contributed by atoms with E-state index in [4.69, 9.17) is 4.74 Å². The Bertz CT molecular complexity index is 878. The van der Waals surface area contributed by atoms with Gasteiger partial charge < -0.3 is 9.64 Å². The van der Waals surface area contributed by atoms with Crippen LogP contribution in [0.3, 0.4) is 0 Å². The van der Waals surface area contributed by atoms with Crippen LogP contribution in [0, 0.1) is 11.8 Å². The molecule has 5 heteroatoms. The number of ether oxygens (including phenoxy) is 1. The van der Waals surface area contributed by atoms with Crippen LogP contribution in [0.15, 0.2) is 60.7 Å². The summed E-state index contributed by atoms with van der Waals surface area (Å²) < 4.78 is 5.46. The smallest absolute Gasteiger partial charge is 0.237 e. The van der Waals surface area contributed by atoms with E-state index in [1.807, 2.05) is 53.4 Å². The van der Waals surface area contributed by atoms with Crippen LogP contribution in [0.2, 0.25) is 0 Å². The number of carbonyl (C=O) groups is 2. The van der Waals surface area contributed by atoms with Gasteiger partial charge in [-0.25, -0.2) is 0 Å². The number of piperidine rings is 1. The number of likely N-dealkylation sites (tertiary alicyclic amines) is 1. The second kappa shape index (κ2) is 9.75. The Hall–Kier alpha value is -2.50. The third-order valence-corrected chi connectivity index (χ3v) is 6.54. The number of ketones is 1. The Kier molecular flexibility index (Phi) is 6.83. The Morgan fingerprint density at radius 2 is 1.55 bits per heavy atom. The van der Waals surface area contributed by atoms with Crippen LogP contribution in [0.4, 0.5) is 0 Å². The van der Waals surface area contributed by atoms with Crippen LogP contribution in [-0.2, 0) is 14.3 Å². The molecule has 0 aliphatic carbocycles. The van der Waals surface area contributed by atoms with E-state index in [-0.39, 0.29) is 35.6 Å². The SMILES string of the molecule is CC(C)C1C(=O)CC(c2ccccc2)N(C(=O)CN2CCOCC2)C1c1ccccc1. The van der Waals surface area contributed by atoms with Crippen molar-refractivity contribution in [3.05, 3.63) is 71.8 Å². The minimum absolute atomic E-state index is 0.0859. The Morgan fingerprint density at radius 3 is 2.13 bits per heavy atom. The molecule has 0 saturated carbocycles. The van der Waals surface area contributed by atoms with E-state index < -0.39 is 0 Å². The van der Waals surface area contributed by atoms with Crippen LogP contribution in [-0.4, -0.2) is 54.3 Å². The summed E-state index contributed by atoms with van der Waals surface area (Å²) in [4.78, 5) is 31.4. The van der Waals surface area contributed by atoms with Crippen molar-refractivity contribution in [2.24, 2.45) is 11.8 Å². The number of Topliss-reactive ketones (excluding diaryl/α,β-unsaturated/α-hetero) is 1. The predicted octanol–water partition coefficient (Wildman–Crippen LogP) is 3.87. The first kappa shape index (κ1) is 21.7. The number of hydrogen-bond donors (Lipinski definition) is 0. The lowest BCUT2D eigenvalue weighted by atomic mass is 9.74. The van der Waals surface area contributed by atoms with E-state index in [0.717, 1.165) is 24.2 Å². The number of hydrogen-bond acceptors (Lipinski definition) is 4. The quantitative estimate of drug-likeness (QED) is 0.737. The fourth-order valence-corrected chi connectivity index (χ4v) is 5.04. The first-order valence-electron chi connectivity index (χ1n) is 11.3. The molecule has 3 atom stereocenters. The van der Waals surface area contributed by atoms with Gasteiger partial charge in [-0.15, -0.1) is 0 Å². The average molecular weight is 421 g/mol. The van der Waals surface area contributed by atoms with Crippen LogP contribution in [0.5, 0.6) is 0 Å². The average Bonchev–Trinajstić information content (AvgIpc) is 2.79. The Labute approximate surface area is 185 Å². The molecule has 1 amide bonds. The van der Waals surface area contributed by atoms with Crippen molar-refractivity contribution in [1.82, 2.24) is 9.80 Å². The maximum atomic E-state index is 13.8. The monoisotopic (exact) mass is 420 g/mol. The topological polar surface area (TPSA) is 49.9 Å². The first-order valence-corrected chi connectivity index (χ1v) is 11.3. The summed E-state index contributed by atoms with van der Waals surface area (Å²) in [5, 5.41) is 0. The number of rotatable bonds is 5. The summed E-state index contributed by atoms with van der Waals surface area (Å²) >= 11 is 0. The molecule has 2 aromatic carbocycles. The van der Waals surface area contributed by atoms with Crippen LogP contribution in [0.1, 0.15) is 43.5 Å². The molecule has 0 spiro atoms. The summed E-state index contributed by atoms with van der Waals surface area (Å²) in [6.45, 7) is 7.37. The van der Waals surface area contributed by atoms with Gasteiger partial charge in [0.25, 0.3) is 0 Å². The van der Waals surface area contributed by atoms with Crippen molar-refractivity contribution in [2.75, 3.05) is 32.8 Å². The lowest BCUT2D eigenvalue weighted by Crippen LogP contribution is -2.53. The van der Waals surface area contributed by atoms with E-state index in [1.165, 1.54) is 0 Å². The predicted molar refractivity (Wildman–Crippen MR) is 120 cm³/mol. The highest BCUT2D eigenvalue weighted by atomic mass is 16.5. The molecule has 31 heavy (non-hydrogen) atoms. The largest absolute Gasteiger partial charge is 0.379 e. The van der Waals surface area contributed by atoms with Crippen molar-refractivity contribution in [1.29, 1.82) is 0 Å². The Balaban J connectivity index is 1.76. The summed E-state index contributed by atoms with van der Waals surface area (Å²) in [5.41, 5.74) is 2.06. The van der Waals surface area contributed by atoms with Gasteiger partial charge in [-0.2, -0.15) is 0 Å². The minimum atomic E-state index is -0.263. The fraction of sp³-hybridized carbons (Fsp3) is 0.462. The van der Waals surface area contributed by atoms with Gasteiger partial charge in [-0.3, -0.25) is 14.5 Å². The molecule has 2 fully saturated rings. The molecule has 164 valence electrons. The Morgan fingerprint density at radius 1 is 0.968 bits per heavy atom. The van der Waals surface area contributed by atoms with Crippen LogP contribution >= 0.6 is 0 Å². The van der Waals surface area contributed by atoms with Crippen molar-refractivity contribution in [2.45, 2.75) is 32.4 Å². The van der Waals surface area contributed by atoms with E-state index in [2.05, 4.69) is 30.9 Å². The van der Waals surface area contributed by atoms with Gasteiger partial charge in [0.15, 0.2) is 0 Å². The molecule has 2 aliphatic rings. The van der Waals surface area contributed by atoms with Crippen molar-refractivity contribution >= 4 is 11.7 Å². The van der Waals surface area contributed by atoms with Crippen LogP contribution in [0.25, 0.3) is 0 Å². The molecule has 4 rings (SSSR count). The lowest BCUT2D eigenvalue weighted by molar-refractivity contribution is -0.150. The maximum Gasteiger partial charge on any atom is 0.237 e. The molecular weight excluding hydrogens is 388 g/mol. The highest BCUT2D eigenvalue weighted by Crippen LogP contribution is 2.46. The van der Waals surface area contributed by atoms with Crippen molar-refractivity contribution < 1.29 is 14.3 Å². The van der Waals surface area contributed by atoms with Gasteiger partial charge in [0.2, 0.25) is 5.91 Å². The van der Waals surface area contributed by atoms with Gasteiger partial charge in [0.05, 0.1) is 31.8 Å². The molecule has 0 aromatic heterocycles. The maximum absolute atomic E-state index is 13.8. The summed E-state index contributed by atoms with van der Waals surface area (Å²) in [6.07, 6.45) is 0.366. The number of morpholine rings is 1. The molecule has 0 N–H and O–H groups in total. The molecule has 0 radical (unpaired) electrons. The minimum Gasteiger partial charge on any atom is -0.379 e. The fourth-order valence-electron chi connectivity index (χ4n) is 5.04. The van der Waals surface area contributed by atoms with Crippen molar-refractivity contribution in [3.63, 3.8) is 0 Å². The van der Waals surface area contributed by atoms with Gasteiger partial charge in [0, 0.05) is 25.4 Å². The van der Waals surface area contributed by atoms with E-state index in [1.54, 1.807) is 0 Å². The summed E-state index contributed by atoms with van der Waals surface area (Å²) in [6, 6.07) is 19.6. The normalized spacial score (nSPS) is 25.1. The zero-order valence-corrected chi connectivity index (χ0v) is 18.4. The molecule has 0 bridgehead atoms. The summed E-state index contributed by atoms with van der Waals surface area (Å²) in [7, 11) is 0. The lowest BCUT2D eigenvalue weighted by Gasteiger charge is -2.48. The van der Waals surface area contributed by atoms with Gasteiger partial charge in [-0.1, -0.05) is 74.5 Å². The van der Waals surface area contributed by atoms with Gasteiger partial charge >= 0.3 is 0 Å². The second-order valence-electron chi connectivity index (χ2n) is 8.91. The van der Waals surface area contributed by atoms with E-state index in [0.29, 0.717) is 26.2 Å². The van der Waals surface area contributed by atoms with E-state index in [9.17, 15) is 9.59 Å². The first-order chi connectivity index (χ1) is 15.1. The van der Waals surface area contributed by atoms with E-state index >= 15 is 0 Å². The standard InChI is InChI=1S/C26H32N2O3/c1-19(2)25-23(29)17-22(20-9-5-3-6-10-20)28(26(25)21-11-7-4-8-12-21)24(30)18-27-13-15-31-16-14-27/h3-12,19,22,25-26H,13-18H2,1-2H3. The molecular formula is C26H32N2O3. The molecule has 2 heterocycles. The highest BCUT2D eigenvalue weighted by molar-refractivity contribution is 5.88. The van der Waals surface area contributed by atoms with Gasteiger partial charge in [0.1, 0.15) is 5.78 Å². The second-order valence-corrected chi connectivity index (χ2v) is 8.91. The molecule has 3 unspecified atom stereocenters. The summed E-state index contributed by atoms with van der Waals surface area (Å²) in [5.74, 6) is 0.264. The number of benzene rings is 2. The molecule has 2 saturated heterocycles. The van der Waals surface area contributed by atoms with Crippen LogP contribution < -0.4 is 0 Å². The molecule has 5 nitrogen and oxygen atoms in total. The van der Waals surface area contributed by atoms with Gasteiger partial charge in [-0.05, 0) is 17.0 Å². The number of amides is 1.